The Bertz CT molecular complexity index is 1350. The largest absolute Gasteiger partial charge is 0.487 e. The lowest BCUT2D eigenvalue weighted by Gasteiger charge is -2.26. The molecule has 0 heterocycles. The molecule has 0 saturated carbocycles. The second-order valence-electron chi connectivity index (χ2n) is 11.5. The van der Waals surface area contributed by atoms with Gasteiger partial charge in [0.05, 0.1) is 53.4 Å². The maximum Gasteiger partial charge on any atom is 0.200 e. The van der Waals surface area contributed by atoms with Gasteiger partial charge >= 0.3 is 0 Å². The molecule has 0 aliphatic carbocycles. The predicted octanol–water partition coefficient (Wildman–Crippen LogP) is 6.58. The Morgan fingerprint density at radius 3 is 0.952 bits per heavy atom. The van der Waals surface area contributed by atoms with Crippen LogP contribution in [-0.4, -0.2) is 77.6 Å². The molecule has 0 aliphatic rings. The van der Waals surface area contributed by atoms with Crippen LogP contribution in [0.4, 0.5) is 43.9 Å². The van der Waals surface area contributed by atoms with E-state index >= 15 is 0 Å². The highest BCUT2D eigenvalue weighted by atomic mass is 19.2. The maximum absolute atomic E-state index is 15.0. The molecular formula is C28H28F10N2O2+2. The Labute approximate surface area is 235 Å². The van der Waals surface area contributed by atoms with Crippen molar-refractivity contribution in [1.82, 2.24) is 0 Å². The fourth-order valence-electron chi connectivity index (χ4n) is 3.73. The van der Waals surface area contributed by atoms with Crippen molar-refractivity contribution in [2.75, 3.05) is 68.6 Å². The molecule has 3 aromatic rings. The zero-order chi connectivity index (χ0) is 31.9. The van der Waals surface area contributed by atoms with Gasteiger partial charge in [0, 0.05) is 17.2 Å². The summed E-state index contributed by atoms with van der Waals surface area (Å²) in [6.07, 6.45) is 0. The van der Waals surface area contributed by atoms with Crippen molar-refractivity contribution < 1.29 is 62.3 Å². The van der Waals surface area contributed by atoms with E-state index in [-0.39, 0.29) is 26.3 Å². The van der Waals surface area contributed by atoms with Gasteiger partial charge in [-0.25, -0.2) is 43.9 Å². The summed E-state index contributed by atoms with van der Waals surface area (Å²) in [5.74, 6) is -24.6. The van der Waals surface area contributed by atoms with E-state index in [4.69, 9.17) is 9.47 Å². The number of likely N-dealkylation sites (N-methyl/N-ethyl adjacent to an activating group) is 2. The van der Waals surface area contributed by atoms with Gasteiger partial charge in [0.2, 0.25) is 11.6 Å². The van der Waals surface area contributed by atoms with Gasteiger partial charge in [0.1, 0.15) is 37.8 Å². The molecule has 0 atom stereocenters. The lowest BCUT2D eigenvalue weighted by atomic mass is 9.95. The second kappa shape index (κ2) is 12.0. The summed E-state index contributed by atoms with van der Waals surface area (Å²) in [6, 6.07) is 1.34. The molecule has 0 radical (unpaired) electrons. The fraction of sp³-hybridized carbons (Fsp3) is 0.357. The molecule has 0 bridgehead atoms. The molecule has 4 nitrogen and oxygen atoms in total. The summed E-state index contributed by atoms with van der Waals surface area (Å²) < 4.78 is 156. The van der Waals surface area contributed by atoms with Crippen molar-refractivity contribution in [3.05, 3.63) is 70.3 Å². The van der Waals surface area contributed by atoms with Gasteiger partial charge in [0.15, 0.2) is 46.5 Å². The SMILES string of the molecule is C[N+](C)(C)CCOc1cc(OCC[N+](C)(C)C)c(-c2c(F)c(F)c(F)c(F)c2F)cc1-c1c(F)c(F)c(F)c(F)c1F. The maximum atomic E-state index is 15.0. The van der Waals surface area contributed by atoms with Crippen LogP contribution in [-0.2, 0) is 0 Å². The first-order chi connectivity index (χ1) is 19.3. The third kappa shape index (κ3) is 6.75. The Morgan fingerprint density at radius 1 is 0.429 bits per heavy atom. The van der Waals surface area contributed by atoms with Crippen LogP contribution in [0.5, 0.6) is 11.5 Å². The van der Waals surface area contributed by atoms with Crippen LogP contribution in [0.1, 0.15) is 0 Å². The highest BCUT2D eigenvalue weighted by Crippen LogP contribution is 2.46. The zero-order valence-electron chi connectivity index (χ0n) is 23.5. The van der Waals surface area contributed by atoms with Crippen LogP contribution in [0.2, 0.25) is 0 Å². The summed E-state index contributed by atoms with van der Waals surface area (Å²) >= 11 is 0. The number of halogens is 10. The first-order valence-electron chi connectivity index (χ1n) is 12.3. The Balaban J connectivity index is 2.43. The topological polar surface area (TPSA) is 18.5 Å². The van der Waals surface area contributed by atoms with Gasteiger partial charge in [0.25, 0.3) is 0 Å². The number of hydrogen-bond donors (Lipinski definition) is 0. The molecule has 0 amide bonds. The predicted molar refractivity (Wildman–Crippen MR) is 134 cm³/mol. The van der Waals surface area contributed by atoms with Crippen molar-refractivity contribution in [2.45, 2.75) is 0 Å². The van der Waals surface area contributed by atoms with Crippen LogP contribution < -0.4 is 9.47 Å². The van der Waals surface area contributed by atoms with Crippen molar-refractivity contribution in [2.24, 2.45) is 0 Å². The van der Waals surface area contributed by atoms with Crippen molar-refractivity contribution in [3.8, 4) is 33.8 Å². The smallest absolute Gasteiger partial charge is 0.200 e. The zero-order valence-corrected chi connectivity index (χ0v) is 23.5. The van der Waals surface area contributed by atoms with Gasteiger partial charge in [-0.3, -0.25) is 0 Å². The molecule has 3 rings (SSSR count). The summed E-state index contributed by atoms with van der Waals surface area (Å²) in [7, 11) is 10.6. The first-order valence-corrected chi connectivity index (χ1v) is 12.3. The average Bonchev–Trinajstić information content (AvgIpc) is 2.88. The standard InChI is InChI=1S/C28H28F10N2O2/c1-39(2,3)7-9-41-15-12-16(42-10-8-40(4,5)6)14(18-21(31)25(35)28(38)26(36)22(18)32)11-13(15)17-19(29)23(33)27(37)24(34)20(17)30/h11-12H,7-10H2,1-6H3/q+2. The van der Waals surface area contributed by atoms with Crippen LogP contribution in [0.3, 0.4) is 0 Å². The van der Waals surface area contributed by atoms with Crippen LogP contribution in [0.15, 0.2) is 12.1 Å². The van der Waals surface area contributed by atoms with Crippen LogP contribution in [0, 0.1) is 58.2 Å². The summed E-state index contributed by atoms with van der Waals surface area (Å²) in [5.41, 5.74) is -4.92. The first kappa shape index (κ1) is 33.0. The molecule has 14 heteroatoms. The van der Waals surface area contributed by atoms with E-state index in [1.807, 2.05) is 0 Å². The van der Waals surface area contributed by atoms with Gasteiger partial charge in [-0.05, 0) is 6.07 Å². The number of hydrogen-bond acceptors (Lipinski definition) is 2. The minimum Gasteiger partial charge on any atom is -0.487 e. The summed E-state index contributed by atoms with van der Waals surface area (Å²) in [5, 5.41) is 0. The quantitative estimate of drug-likeness (QED) is 0.111. The third-order valence-electron chi connectivity index (χ3n) is 6.08. The van der Waals surface area contributed by atoms with E-state index in [0.717, 1.165) is 6.07 Å². The Kier molecular flexibility index (Phi) is 9.42. The van der Waals surface area contributed by atoms with E-state index < -0.39 is 91.9 Å². The Hall–Kier alpha value is -3.52. The molecule has 0 saturated heterocycles. The minimum atomic E-state index is -2.47. The third-order valence-corrected chi connectivity index (χ3v) is 6.08. The number of rotatable bonds is 10. The second-order valence-corrected chi connectivity index (χ2v) is 11.5. The van der Waals surface area contributed by atoms with Gasteiger partial charge in [-0.1, -0.05) is 0 Å². The van der Waals surface area contributed by atoms with E-state index in [1.165, 1.54) is 0 Å². The van der Waals surface area contributed by atoms with E-state index in [0.29, 0.717) is 15.0 Å². The Morgan fingerprint density at radius 2 is 0.690 bits per heavy atom. The number of benzene rings is 3. The van der Waals surface area contributed by atoms with Gasteiger partial charge < -0.3 is 18.4 Å². The molecule has 42 heavy (non-hydrogen) atoms. The van der Waals surface area contributed by atoms with E-state index in [1.54, 1.807) is 42.3 Å². The number of quaternary nitrogens is 2. The van der Waals surface area contributed by atoms with Crippen molar-refractivity contribution >= 4 is 0 Å². The van der Waals surface area contributed by atoms with Gasteiger partial charge in [-0.15, -0.1) is 0 Å². The van der Waals surface area contributed by atoms with E-state index in [2.05, 4.69) is 0 Å². The molecular weight excluding hydrogens is 586 g/mol. The molecule has 3 aromatic carbocycles. The van der Waals surface area contributed by atoms with Crippen LogP contribution in [0.25, 0.3) is 22.3 Å². The number of ether oxygens (including phenoxy) is 2. The fourth-order valence-corrected chi connectivity index (χ4v) is 3.73. The molecule has 0 spiro atoms. The molecule has 230 valence electrons. The van der Waals surface area contributed by atoms with E-state index in [9.17, 15) is 43.9 Å². The summed E-state index contributed by atoms with van der Waals surface area (Å²) in [4.78, 5) is 0. The minimum absolute atomic E-state index is 0.188. The molecule has 0 N–H and O–H groups in total. The molecule has 0 aromatic heterocycles. The highest BCUT2D eigenvalue weighted by Gasteiger charge is 2.33. The molecule has 0 fully saturated rings. The van der Waals surface area contributed by atoms with Crippen LogP contribution >= 0.6 is 0 Å². The lowest BCUT2D eigenvalue weighted by Crippen LogP contribution is -2.38. The normalized spacial score (nSPS) is 12.2. The molecule has 0 aliphatic heterocycles. The van der Waals surface area contributed by atoms with Crippen molar-refractivity contribution in [1.29, 1.82) is 0 Å². The highest BCUT2D eigenvalue weighted by molar-refractivity contribution is 5.83. The van der Waals surface area contributed by atoms with Gasteiger partial charge in [-0.2, -0.15) is 0 Å². The number of nitrogens with zero attached hydrogens (tertiary/aromatic N) is 2. The molecule has 0 unspecified atom stereocenters. The van der Waals surface area contributed by atoms with Crippen molar-refractivity contribution in [3.63, 3.8) is 0 Å². The summed E-state index contributed by atoms with van der Waals surface area (Å²) in [6.45, 7) is 0.138. The lowest BCUT2D eigenvalue weighted by molar-refractivity contribution is -0.870. The monoisotopic (exact) mass is 614 g/mol. The average molecular weight is 615 g/mol.